The molecule has 33 heavy (non-hydrogen) atoms. The molecule has 174 valence electrons. The second-order valence-corrected chi connectivity index (χ2v) is 10.5. The molecule has 3 aromatic carbocycles. The fourth-order valence-electron chi connectivity index (χ4n) is 4.46. The average Bonchev–Trinajstić information content (AvgIpc) is 2.69. The summed E-state index contributed by atoms with van der Waals surface area (Å²) in [5.74, 6) is -0.389. The Morgan fingerprint density at radius 3 is 1.79 bits per heavy atom. The van der Waals surface area contributed by atoms with Crippen LogP contribution in [0.3, 0.4) is 0 Å². The van der Waals surface area contributed by atoms with Crippen molar-refractivity contribution in [3.05, 3.63) is 93.5 Å². The molecular weight excluding hydrogens is 432 g/mol. The maximum Gasteiger partial charge on any atom is 0.242 e. The van der Waals surface area contributed by atoms with Crippen LogP contribution in [0, 0.1) is 41.5 Å². The van der Waals surface area contributed by atoms with Gasteiger partial charge in [0.15, 0.2) is 0 Å². The predicted octanol–water partition coefficient (Wildman–Crippen LogP) is 5.07. The van der Waals surface area contributed by atoms with Crippen LogP contribution in [0.4, 0.5) is 5.69 Å². The van der Waals surface area contributed by atoms with Crippen LogP contribution >= 0.6 is 0 Å². The SMILES string of the molecule is Cc1cc(C)c(NC(=O)C(Cc2ccccc2)NS(=O)(=O)c2c(C)cc(C)cc2C)c(C)c1. The van der Waals surface area contributed by atoms with Crippen LogP contribution in [0.5, 0.6) is 0 Å². The molecule has 1 unspecified atom stereocenters. The van der Waals surface area contributed by atoms with Crippen molar-refractivity contribution in [1.82, 2.24) is 4.72 Å². The minimum absolute atomic E-state index is 0.224. The van der Waals surface area contributed by atoms with Gasteiger partial charge in [-0.25, -0.2) is 8.42 Å². The highest BCUT2D eigenvalue weighted by atomic mass is 32.2. The molecule has 0 heterocycles. The smallest absolute Gasteiger partial charge is 0.242 e. The summed E-state index contributed by atoms with van der Waals surface area (Å²) in [6.07, 6.45) is 0.236. The van der Waals surface area contributed by atoms with E-state index in [2.05, 4.69) is 10.0 Å². The van der Waals surface area contributed by atoms with Crippen molar-refractivity contribution in [1.29, 1.82) is 0 Å². The molecule has 0 fully saturated rings. The second kappa shape index (κ2) is 9.89. The third kappa shape index (κ3) is 5.89. The van der Waals surface area contributed by atoms with Crippen LogP contribution in [0.25, 0.3) is 0 Å². The molecule has 0 spiro atoms. The third-order valence-corrected chi connectivity index (χ3v) is 7.47. The minimum Gasteiger partial charge on any atom is -0.324 e. The number of anilines is 1. The van der Waals surface area contributed by atoms with E-state index in [1.54, 1.807) is 13.8 Å². The zero-order valence-corrected chi connectivity index (χ0v) is 20.9. The lowest BCUT2D eigenvalue weighted by Crippen LogP contribution is -2.45. The number of sulfonamides is 1. The lowest BCUT2D eigenvalue weighted by atomic mass is 10.0. The van der Waals surface area contributed by atoms with Gasteiger partial charge in [0.05, 0.1) is 4.90 Å². The van der Waals surface area contributed by atoms with Crippen LogP contribution in [-0.2, 0) is 21.2 Å². The number of benzene rings is 3. The molecule has 2 N–H and O–H groups in total. The summed E-state index contributed by atoms with van der Waals surface area (Å²) in [5, 5.41) is 2.97. The van der Waals surface area contributed by atoms with Crippen LogP contribution in [0.15, 0.2) is 59.5 Å². The number of amides is 1. The molecule has 0 saturated heterocycles. The molecule has 0 radical (unpaired) electrons. The Hall–Kier alpha value is -2.96. The summed E-state index contributed by atoms with van der Waals surface area (Å²) < 4.78 is 29.5. The van der Waals surface area contributed by atoms with E-state index in [0.717, 1.165) is 27.8 Å². The van der Waals surface area contributed by atoms with Gasteiger partial charge in [0.25, 0.3) is 0 Å². The highest BCUT2D eigenvalue weighted by Crippen LogP contribution is 2.24. The number of hydrogen-bond donors (Lipinski definition) is 2. The number of aryl methyl sites for hydroxylation is 6. The fraction of sp³-hybridized carbons (Fsp3) is 0.296. The second-order valence-electron chi connectivity index (χ2n) is 8.85. The molecular formula is C27H32N2O3S. The Morgan fingerprint density at radius 1 is 0.788 bits per heavy atom. The van der Waals surface area contributed by atoms with Crippen molar-refractivity contribution < 1.29 is 13.2 Å². The fourth-order valence-corrected chi connectivity index (χ4v) is 6.11. The van der Waals surface area contributed by atoms with Crippen molar-refractivity contribution in [3.8, 4) is 0 Å². The molecule has 6 heteroatoms. The zero-order chi connectivity index (χ0) is 24.3. The summed E-state index contributed by atoms with van der Waals surface area (Å²) in [4.78, 5) is 13.6. The molecule has 3 aromatic rings. The lowest BCUT2D eigenvalue weighted by molar-refractivity contribution is -0.117. The zero-order valence-electron chi connectivity index (χ0n) is 20.1. The molecule has 0 bridgehead atoms. The monoisotopic (exact) mass is 464 g/mol. The van der Waals surface area contributed by atoms with E-state index in [1.165, 1.54) is 0 Å². The average molecular weight is 465 g/mol. The number of carbonyl (C=O) groups excluding carboxylic acids is 1. The number of nitrogens with one attached hydrogen (secondary N) is 2. The van der Waals surface area contributed by atoms with E-state index in [4.69, 9.17) is 0 Å². The topological polar surface area (TPSA) is 75.3 Å². The largest absolute Gasteiger partial charge is 0.324 e. The van der Waals surface area contributed by atoms with Crippen LogP contribution in [0.2, 0.25) is 0 Å². The van der Waals surface area contributed by atoms with Gasteiger partial charge in [-0.15, -0.1) is 0 Å². The first-order valence-corrected chi connectivity index (χ1v) is 12.5. The van der Waals surface area contributed by atoms with Crippen molar-refractivity contribution >= 4 is 21.6 Å². The Morgan fingerprint density at radius 2 is 1.27 bits per heavy atom. The molecule has 1 amide bonds. The van der Waals surface area contributed by atoms with E-state index in [-0.39, 0.29) is 17.2 Å². The highest BCUT2D eigenvalue weighted by molar-refractivity contribution is 7.89. The van der Waals surface area contributed by atoms with E-state index in [0.29, 0.717) is 16.8 Å². The summed E-state index contributed by atoms with van der Waals surface area (Å²) in [5.41, 5.74) is 6.87. The van der Waals surface area contributed by atoms with Crippen molar-refractivity contribution in [2.75, 3.05) is 5.32 Å². The van der Waals surface area contributed by atoms with Gasteiger partial charge in [-0.05, 0) is 75.8 Å². The third-order valence-electron chi connectivity index (χ3n) is 5.70. The molecule has 0 saturated carbocycles. The maximum atomic E-state index is 13.4. The summed E-state index contributed by atoms with van der Waals surface area (Å²) in [6, 6.07) is 16.1. The van der Waals surface area contributed by atoms with Gasteiger partial charge in [0, 0.05) is 5.69 Å². The number of rotatable bonds is 7. The van der Waals surface area contributed by atoms with Crippen molar-refractivity contribution in [2.24, 2.45) is 0 Å². The summed E-state index contributed by atoms with van der Waals surface area (Å²) in [6.45, 7) is 11.4. The van der Waals surface area contributed by atoms with Crippen LogP contribution in [0.1, 0.15) is 38.9 Å². The molecule has 0 aromatic heterocycles. The minimum atomic E-state index is -3.93. The van der Waals surface area contributed by atoms with Crippen LogP contribution < -0.4 is 10.0 Å². The first kappa shape index (κ1) is 24.7. The van der Waals surface area contributed by atoms with E-state index >= 15 is 0 Å². The van der Waals surface area contributed by atoms with Crippen LogP contribution in [-0.4, -0.2) is 20.4 Å². The Labute approximate surface area is 197 Å². The summed E-state index contributed by atoms with van der Waals surface area (Å²) in [7, 11) is -3.93. The highest BCUT2D eigenvalue weighted by Gasteiger charge is 2.29. The first-order chi connectivity index (χ1) is 15.5. The Bertz CT molecular complexity index is 1240. The Kier molecular flexibility index (Phi) is 7.40. The van der Waals surface area contributed by atoms with Crippen molar-refractivity contribution in [3.63, 3.8) is 0 Å². The normalized spacial score (nSPS) is 12.4. The number of hydrogen-bond acceptors (Lipinski definition) is 3. The lowest BCUT2D eigenvalue weighted by Gasteiger charge is -2.22. The molecule has 5 nitrogen and oxygen atoms in total. The molecule has 0 aliphatic carbocycles. The van der Waals surface area contributed by atoms with Gasteiger partial charge in [0.1, 0.15) is 6.04 Å². The Balaban J connectivity index is 1.97. The quantitative estimate of drug-likeness (QED) is 0.513. The van der Waals surface area contributed by atoms with Gasteiger partial charge < -0.3 is 5.32 Å². The molecule has 1 atom stereocenters. The first-order valence-electron chi connectivity index (χ1n) is 11.0. The van der Waals surface area contributed by atoms with E-state index in [1.807, 2.05) is 82.3 Å². The van der Waals surface area contributed by atoms with Gasteiger partial charge in [-0.1, -0.05) is 65.7 Å². The summed E-state index contributed by atoms with van der Waals surface area (Å²) >= 11 is 0. The van der Waals surface area contributed by atoms with Gasteiger partial charge in [0.2, 0.25) is 15.9 Å². The standard InChI is InChI=1S/C27H32N2O3S/c1-17-12-19(3)25(20(4)13-17)28-27(30)24(16-23-10-8-7-9-11-23)29-33(31,32)26-21(5)14-18(2)15-22(26)6/h7-15,24,29H,16H2,1-6H3,(H,28,30). The molecule has 0 aliphatic heterocycles. The number of carbonyl (C=O) groups is 1. The molecule has 0 aliphatic rings. The molecule has 3 rings (SSSR count). The van der Waals surface area contributed by atoms with E-state index < -0.39 is 16.1 Å². The van der Waals surface area contributed by atoms with Crippen molar-refractivity contribution in [2.45, 2.75) is 58.9 Å². The maximum absolute atomic E-state index is 13.4. The van der Waals surface area contributed by atoms with Gasteiger partial charge >= 0.3 is 0 Å². The van der Waals surface area contributed by atoms with Gasteiger partial charge in [-0.2, -0.15) is 4.72 Å². The van der Waals surface area contributed by atoms with Gasteiger partial charge in [-0.3, -0.25) is 4.79 Å². The van der Waals surface area contributed by atoms with E-state index in [9.17, 15) is 13.2 Å². The predicted molar refractivity (Wildman–Crippen MR) is 134 cm³/mol.